The second-order valence-electron chi connectivity index (χ2n) is 5.65. The molecule has 2 aromatic heterocycles. The molecular weight excluding hydrogens is 274 g/mol. The number of carbonyl (C=O) groups excluding carboxylic acids is 1. The van der Waals surface area contributed by atoms with Gasteiger partial charge in [-0.15, -0.1) is 0 Å². The van der Waals surface area contributed by atoms with Crippen molar-refractivity contribution in [3.63, 3.8) is 0 Å². The van der Waals surface area contributed by atoms with Gasteiger partial charge in [-0.3, -0.25) is 4.79 Å². The van der Waals surface area contributed by atoms with E-state index in [4.69, 9.17) is 0 Å². The normalized spacial score (nSPS) is 11.0. The molecule has 3 aromatic rings. The van der Waals surface area contributed by atoms with Gasteiger partial charge in [-0.2, -0.15) is 0 Å². The highest BCUT2D eigenvalue weighted by Crippen LogP contribution is 2.15. The Hall–Kier alpha value is -2.62. The molecule has 0 fully saturated rings. The van der Waals surface area contributed by atoms with E-state index >= 15 is 0 Å². The third-order valence-corrected chi connectivity index (χ3v) is 3.74. The third kappa shape index (κ3) is 2.86. The van der Waals surface area contributed by atoms with Crippen LogP contribution in [0.5, 0.6) is 0 Å². The fourth-order valence-corrected chi connectivity index (χ4v) is 2.49. The second kappa shape index (κ2) is 6.02. The van der Waals surface area contributed by atoms with E-state index in [1.165, 1.54) is 0 Å². The maximum atomic E-state index is 12.9. The fraction of sp³-hybridized carbons (Fsp3) is 0.222. The molecule has 0 aliphatic rings. The molecule has 0 aliphatic heterocycles. The summed E-state index contributed by atoms with van der Waals surface area (Å²) in [6.07, 6.45) is 5.36. The number of amides is 1. The van der Waals surface area contributed by atoms with Crippen LogP contribution >= 0.6 is 0 Å². The van der Waals surface area contributed by atoms with Gasteiger partial charge in [0, 0.05) is 24.3 Å². The molecule has 3 rings (SSSR count). The van der Waals surface area contributed by atoms with Gasteiger partial charge in [0.2, 0.25) is 0 Å². The quantitative estimate of drug-likeness (QED) is 0.739. The molecule has 0 N–H and O–H groups in total. The molecule has 0 radical (unpaired) electrons. The minimum absolute atomic E-state index is 0.0440. The van der Waals surface area contributed by atoms with Gasteiger partial charge < -0.3 is 9.30 Å². The monoisotopic (exact) mass is 293 g/mol. The molecular formula is C18H19N3O. The van der Waals surface area contributed by atoms with Crippen molar-refractivity contribution in [3.05, 3.63) is 72.3 Å². The molecule has 0 saturated carbocycles. The second-order valence-corrected chi connectivity index (χ2v) is 5.65. The van der Waals surface area contributed by atoms with Gasteiger partial charge in [0.05, 0.1) is 18.0 Å². The minimum atomic E-state index is 0.0440. The molecule has 2 heterocycles. The van der Waals surface area contributed by atoms with Crippen molar-refractivity contribution in [2.45, 2.75) is 26.4 Å². The van der Waals surface area contributed by atoms with Gasteiger partial charge in [0.15, 0.2) is 0 Å². The van der Waals surface area contributed by atoms with E-state index in [0.717, 1.165) is 11.1 Å². The Morgan fingerprint density at radius 1 is 1.23 bits per heavy atom. The zero-order chi connectivity index (χ0) is 15.5. The van der Waals surface area contributed by atoms with Crippen molar-refractivity contribution in [2.24, 2.45) is 0 Å². The van der Waals surface area contributed by atoms with E-state index in [1.54, 1.807) is 12.5 Å². The van der Waals surface area contributed by atoms with E-state index in [9.17, 15) is 4.79 Å². The highest BCUT2D eigenvalue weighted by atomic mass is 16.2. The number of aromatic nitrogens is 2. The Labute approximate surface area is 130 Å². The van der Waals surface area contributed by atoms with E-state index in [0.29, 0.717) is 12.1 Å². The first-order chi connectivity index (χ1) is 10.6. The average molecular weight is 293 g/mol. The molecule has 0 saturated heterocycles. The number of carbonyl (C=O) groups is 1. The van der Waals surface area contributed by atoms with Crippen LogP contribution in [0.2, 0.25) is 0 Å². The Morgan fingerprint density at radius 3 is 2.73 bits per heavy atom. The van der Waals surface area contributed by atoms with Crippen LogP contribution in [-0.4, -0.2) is 26.2 Å². The van der Waals surface area contributed by atoms with Crippen LogP contribution in [0.1, 0.15) is 29.8 Å². The summed E-state index contributed by atoms with van der Waals surface area (Å²) >= 11 is 0. The SMILES string of the molecule is CC(C)N(Cc1ccccc1)C(=O)c1ccn2cncc2c1. The Kier molecular flexibility index (Phi) is 3.92. The highest BCUT2D eigenvalue weighted by Gasteiger charge is 2.19. The Balaban J connectivity index is 1.88. The van der Waals surface area contributed by atoms with Crippen LogP contribution in [-0.2, 0) is 6.54 Å². The lowest BCUT2D eigenvalue weighted by molar-refractivity contribution is 0.0690. The highest BCUT2D eigenvalue weighted by molar-refractivity contribution is 5.95. The molecule has 22 heavy (non-hydrogen) atoms. The molecule has 0 atom stereocenters. The first-order valence-corrected chi connectivity index (χ1v) is 7.42. The smallest absolute Gasteiger partial charge is 0.254 e. The number of pyridine rings is 1. The Morgan fingerprint density at radius 2 is 2.00 bits per heavy atom. The van der Waals surface area contributed by atoms with E-state index in [1.807, 2.05) is 71.8 Å². The summed E-state index contributed by atoms with van der Waals surface area (Å²) in [6, 6.07) is 13.9. The van der Waals surface area contributed by atoms with Gasteiger partial charge >= 0.3 is 0 Å². The molecule has 4 nitrogen and oxygen atoms in total. The van der Waals surface area contributed by atoms with Crippen molar-refractivity contribution in [1.82, 2.24) is 14.3 Å². The van der Waals surface area contributed by atoms with Crippen LogP contribution in [0.4, 0.5) is 0 Å². The molecule has 1 aromatic carbocycles. The number of benzene rings is 1. The van der Waals surface area contributed by atoms with Gasteiger partial charge in [-0.25, -0.2) is 4.98 Å². The maximum Gasteiger partial charge on any atom is 0.254 e. The average Bonchev–Trinajstić information content (AvgIpc) is 3.00. The maximum absolute atomic E-state index is 12.9. The third-order valence-electron chi connectivity index (χ3n) is 3.74. The zero-order valence-corrected chi connectivity index (χ0v) is 12.8. The summed E-state index contributed by atoms with van der Waals surface area (Å²) in [5, 5.41) is 0. The summed E-state index contributed by atoms with van der Waals surface area (Å²) in [4.78, 5) is 18.8. The van der Waals surface area contributed by atoms with Crippen LogP contribution in [0, 0.1) is 0 Å². The molecule has 1 amide bonds. The number of hydrogen-bond donors (Lipinski definition) is 0. The van der Waals surface area contributed by atoms with Gasteiger partial charge in [0.1, 0.15) is 0 Å². The predicted molar refractivity (Wildman–Crippen MR) is 86.6 cm³/mol. The standard InChI is InChI=1S/C18H19N3O/c1-14(2)21(12-15-6-4-3-5-7-15)18(22)16-8-9-20-13-19-11-17(20)10-16/h3-11,13-14H,12H2,1-2H3. The summed E-state index contributed by atoms with van der Waals surface area (Å²) in [5.74, 6) is 0.0440. The van der Waals surface area contributed by atoms with Crippen molar-refractivity contribution < 1.29 is 4.79 Å². The molecule has 0 bridgehead atoms. The summed E-state index contributed by atoms with van der Waals surface area (Å²) in [6.45, 7) is 4.69. The van der Waals surface area contributed by atoms with Crippen molar-refractivity contribution in [1.29, 1.82) is 0 Å². The lowest BCUT2D eigenvalue weighted by Crippen LogP contribution is -2.36. The first kappa shape index (κ1) is 14.3. The van der Waals surface area contributed by atoms with Crippen LogP contribution < -0.4 is 0 Å². The lowest BCUT2D eigenvalue weighted by atomic mass is 10.1. The van der Waals surface area contributed by atoms with Crippen molar-refractivity contribution in [3.8, 4) is 0 Å². The topological polar surface area (TPSA) is 37.6 Å². The lowest BCUT2D eigenvalue weighted by Gasteiger charge is -2.27. The molecule has 4 heteroatoms. The molecule has 112 valence electrons. The zero-order valence-electron chi connectivity index (χ0n) is 12.8. The summed E-state index contributed by atoms with van der Waals surface area (Å²) in [5.41, 5.74) is 2.75. The Bertz CT molecular complexity index is 777. The van der Waals surface area contributed by atoms with Crippen molar-refractivity contribution in [2.75, 3.05) is 0 Å². The van der Waals surface area contributed by atoms with Crippen LogP contribution in [0.3, 0.4) is 0 Å². The fourth-order valence-electron chi connectivity index (χ4n) is 2.49. The summed E-state index contributed by atoms with van der Waals surface area (Å²) in [7, 11) is 0. The molecule has 0 aliphatic carbocycles. The van der Waals surface area contributed by atoms with Gasteiger partial charge in [0.25, 0.3) is 5.91 Å². The van der Waals surface area contributed by atoms with Crippen LogP contribution in [0.15, 0.2) is 61.2 Å². The number of fused-ring (bicyclic) bond motifs is 1. The predicted octanol–water partition coefficient (Wildman–Crippen LogP) is 3.39. The number of rotatable bonds is 4. The van der Waals surface area contributed by atoms with E-state index in [-0.39, 0.29) is 11.9 Å². The van der Waals surface area contributed by atoms with Gasteiger partial charge in [-0.05, 0) is 31.5 Å². The number of hydrogen-bond acceptors (Lipinski definition) is 2. The van der Waals surface area contributed by atoms with Crippen LogP contribution in [0.25, 0.3) is 5.52 Å². The summed E-state index contributed by atoms with van der Waals surface area (Å²) < 4.78 is 1.90. The number of imidazole rings is 1. The number of nitrogens with zero attached hydrogens (tertiary/aromatic N) is 3. The van der Waals surface area contributed by atoms with Crippen molar-refractivity contribution >= 4 is 11.4 Å². The first-order valence-electron chi connectivity index (χ1n) is 7.42. The van der Waals surface area contributed by atoms with E-state index in [2.05, 4.69) is 4.98 Å². The van der Waals surface area contributed by atoms with E-state index < -0.39 is 0 Å². The minimum Gasteiger partial charge on any atom is -0.332 e. The molecule has 0 spiro atoms. The molecule has 0 unspecified atom stereocenters. The largest absolute Gasteiger partial charge is 0.332 e. The van der Waals surface area contributed by atoms with Gasteiger partial charge in [-0.1, -0.05) is 30.3 Å².